The van der Waals surface area contributed by atoms with E-state index in [1.54, 1.807) is 0 Å². The van der Waals surface area contributed by atoms with Gasteiger partial charge in [0.05, 0.1) is 6.07 Å². The number of nitrogens with one attached hydrogen (secondary N) is 1. The maximum Gasteiger partial charge on any atom is 0.145 e. The average molecular weight is 285 g/mol. The summed E-state index contributed by atoms with van der Waals surface area (Å²) in [7, 11) is 0. The minimum atomic E-state index is -0.610. The van der Waals surface area contributed by atoms with Crippen molar-refractivity contribution in [2.45, 2.75) is 45.2 Å². The number of likely N-dealkylation sites (tertiary alicyclic amines) is 1. The van der Waals surface area contributed by atoms with Crippen molar-refractivity contribution in [3.8, 4) is 6.07 Å². The molecule has 0 amide bonds. The van der Waals surface area contributed by atoms with E-state index in [0.29, 0.717) is 6.04 Å². The predicted octanol–water partition coefficient (Wildman–Crippen LogP) is 3.14. The quantitative estimate of drug-likeness (QED) is 0.903. The van der Waals surface area contributed by atoms with E-state index < -0.39 is 5.54 Å². The minimum absolute atomic E-state index is 0.552. The third-order valence-electron chi connectivity index (χ3n) is 4.62. The van der Waals surface area contributed by atoms with Crippen molar-refractivity contribution in [1.29, 1.82) is 5.26 Å². The van der Waals surface area contributed by atoms with Gasteiger partial charge in [0, 0.05) is 19.1 Å². The molecule has 0 bridgehead atoms. The Kier molecular flexibility index (Phi) is 5.39. The van der Waals surface area contributed by atoms with Gasteiger partial charge in [-0.05, 0) is 37.8 Å². The van der Waals surface area contributed by atoms with Crippen molar-refractivity contribution in [2.75, 3.05) is 19.6 Å². The van der Waals surface area contributed by atoms with Crippen molar-refractivity contribution in [3.63, 3.8) is 0 Å². The van der Waals surface area contributed by atoms with Crippen molar-refractivity contribution in [1.82, 2.24) is 10.2 Å². The van der Waals surface area contributed by atoms with Gasteiger partial charge in [-0.25, -0.2) is 0 Å². The second kappa shape index (κ2) is 7.06. The first-order valence-electron chi connectivity index (χ1n) is 8.07. The number of nitriles is 1. The van der Waals surface area contributed by atoms with E-state index in [-0.39, 0.29) is 0 Å². The zero-order valence-corrected chi connectivity index (χ0v) is 13.5. The van der Waals surface area contributed by atoms with Crippen molar-refractivity contribution < 1.29 is 0 Å². The number of benzene rings is 1. The Labute approximate surface area is 129 Å². The predicted molar refractivity (Wildman–Crippen MR) is 86.8 cm³/mol. The van der Waals surface area contributed by atoms with Gasteiger partial charge < -0.3 is 0 Å². The highest BCUT2D eigenvalue weighted by Gasteiger charge is 2.36. The summed E-state index contributed by atoms with van der Waals surface area (Å²) in [5.74, 6) is 0.718. The molecule has 1 saturated heterocycles. The molecule has 1 aromatic carbocycles. The van der Waals surface area contributed by atoms with Crippen LogP contribution < -0.4 is 5.32 Å². The summed E-state index contributed by atoms with van der Waals surface area (Å²) in [4.78, 5) is 2.48. The van der Waals surface area contributed by atoms with E-state index >= 15 is 0 Å². The molecule has 3 heteroatoms. The van der Waals surface area contributed by atoms with Crippen LogP contribution in [0.4, 0.5) is 0 Å². The van der Waals surface area contributed by atoms with E-state index in [1.807, 2.05) is 18.2 Å². The molecule has 0 spiro atoms. The van der Waals surface area contributed by atoms with Gasteiger partial charge in [0.15, 0.2) is 0 Å². The smallest absolute Gasteiger partial charge is 0.145 e. The molecule has 0 aliphatic carbocycles. The maximum atomic E-state index is 9.90. The largest absolute Gasteiger partial charge is 0.297 e. The second-order valence-electron chi connectivity index (χ2n) is 6.37. The standard InChI is InChI=1S/C18H27N3/c1-4-20-18(13-19,17-8-6-5-7-9-17)14-21-12-15(2)10-11-16(21)3/h5-9,15-16,20H,4,10-12,14H2,1-3H3. The normalized spacial score (nSPS) is 26.0. The maximum absolute atomic E-state index is 9.90. The fraction of sp³-hybridized carbons (Fsp3) is 0.611. The zero-order valence-electron chi connectivity index (χ0n) is 13.5. The highest BCUT2D eigenvalue weighted by Crippen LogP contribution is 2.27. The Morgan fingerprint density at radius 1 is 1.29 bits per heavy atom. The molecule has 3 nitrogen and oxygen atoms in total. The van der Waals surface area contributed by atoms with E-state index in [1.165, 1.54) is 12.8 Å². The topological polar surface area (TPSA) is 39.1 Å². The van der Waals surface area contributed by atoms with Gasteiger partial charge in [-0.2, -0.15) is 5.26 Å². The van der Waals surface area contributed by atoms with Crippen LogP contribution in [0.1, 0.15) is 39.2 Å². The van der Waals surface area contributed by atoms with Gasteiger partial charge >= 0.3 is 0 Å². The molecular weight excluding hydrogens is 258 g/mol. The molecule has 0 radical (unpaired) electrons. The number of likely N-dealkylation sites (N-methyl/N-ethyl adjacent to an activating group) is 1. The number of rotatable bonds is 5. The van der Waals surface area contributed by atoms with E-state index in [2.05, 4.69) is 49.2 Å². The van der Waals surface area contributed by atoms with Gasteiger partial charge in [0.25, 0.3) is 0 Å². The molecule has 3 unspecified atom stereocenters. The molecule has 21 heavy (non-hydrogen) atoms. The molecule has 1 aliphatic heterocycles. The fourth-order valence-corrected chi connectivity index (χ4v) is 3.32. The third kappa shape index (κ3) is 3.64. The molecule has 1 N–H and O–H groups in total. The summed E-state index contributed by atoms with van der Waals surface area (Å²) in [5.41, 5.74) is 0.459. The van der Waals surface area contributed by atoms with Crippen LogP contribution in [0.15, 0.2) is 30.3 Å². The average Bonchev–Trinajstić information content (AvgIpc) is 2.51. The Balaban J connectivity index is 2.26. The molecule has 2 rings (SSSR count). The second-order valence-corrected chi connectivity index (χ2v) is 6.37. The lowest BCUT2D eigenvalue weighted by atomic mass is 9.87. The zero-order chi connectivity index (χ0) is 15.3. The lowest BCUT2D eigenvalue weighted by molar-refractivity contribution is 0.0982. The molecule has 0 saturated carbocycles. The summed E-state index contributed by atoms with van der Waals surface area (Å²) in [6.45, 7) is 9.29. The Morgan fingerprint density at radius 3 is 2.62 bits per heavy atom. The number of nitrogens with zero attached hydrogens (tertiary/aromatic N) is 2. The van der Waals surface area contributed by atoms with Crippen molar-refractivity contribution in [2.24, 2.45) is 5.92 Å². The number of piperidine rings is 1. The number of hydrogen-bond donors (Lipinski definition) is 1. The Bertz CT molecular complexity index is 479. The Hall–Kier alpha value is -1.37. The Morgan fingerprint density at radius 2 is 2.00 bits per heavy atom. The van der Waals surface area contributed by atoms with E-state index in [0.717, 1.165) is 31.1 Å². The van der Waals surface area contributed by atoms with Crippen LogP contribution in [0.5, 0.6) is 0 Å². The first kappa shape index (κ1) is 16.0. The SMILES string of the molecule is CCNC(C#N)(CN1CC(C)CCC1C)c1ccccc1. The first-order chi connectivity index (χ1) is 10.1. The van der Waals surface area contributed by atoms with E-state index in [4.69, 9.17) is 0 Å². The summed E-state index contributed by atoms with van der Waals surface area (Å²) >= 11 is 0. The van der Waals surface area contributed by atoms with Gasteiger partial charge in [-0.3, -0.25) is 10.2 Å². The van der Waals surface area contributed by atoms with Crippen LogP contribution in [0.2, 0.25) is 0 Å². The minimum Gasteiger partial charge on any atom is -0.297 e. The molecule has 114 valence electrons. The summed E-state index contributed by atoms with van der Waals surface area (Å²) in [5, 5.41) is 13.3. The highest BCUT2D eigenvalue weighted by molar-refractivity contribution is 5.32. The third-order valence-corrected chi connectivity index (χ3v) is 4.62. The van der Waals surface area contributed by atoms with Crippen LogP contribution in [0.25, 0.3) is 0 Å². The van der Waals surface area contributed by atoms with Crippen molar-refractivity contribution >= 4 is 0 Å². The molecular formula is C18H27N3. The van der Waals surface area contributed by atoms with Gasteiger partial charge in [0.1, 0.15) is 5.54 Å². The van der Waals surface area contributed by atoms with Crippen LogP contribution in [0, 0.1) is 17.2 Å². The van der Waals surface area contributed by atoms with Gasteiger partial charge in [0.2, 0.25) is 0 Å². The summed E-state index contributed by atoms with van der Waals surface area (Å²) < 4.78 is 0. The van der Waals surface area contributed by atoms with Gasteiger partial charge in [-0.1, -0.05) is 44.2 Å². The molecule has 1 aliphatic rings. The van der Waals surface area contributed by atoms with Crippen LogP contribution in [0.3, 0.4) is 0 Å². The molecule has 3 atom stereocenters. The van der Waals surface area contributed by atoms with E-state index in [9.17, 15) is 5.26 Å². The highest BCUT2D eigenvalue weighted by atomic mass is 15.2. The van der Waals surface area contributed by atoms with Crippen LogP contribution >= 0.6 is 0 Å². The molecule has 1 aromatic rings. The van der Waals surface area contributed by atoms with Crippen molar-refractivity contribution in [3.05, 3.63) is 35.9 Å². The number of hydrogen-bond acceptors (Lipinski definition) is 3. The first-order valence-corrected chi connectivity index (χ1v) is 8.07. The van der Waals surface area contributed by atoms with Crippen LogP contribution in [-0.4, -0.2) is 30.6 Å². The summed E-state index contributed by atoms with van der Waals surface area (Å²) in [6.07, 6.45) is 2.52. The summed E-state index contributed by atoms with van der Waals surface area (Å²) in [6, 6.07) is 13.3. The van der Waals surface area contributed by atoms with Gasteiger partial charge in [-0.15, -0.1) is 0 Å². The lowest BCUT2D eigenvalue weighted by Gasteiger charge is -2.41. The fourth-order valence-electron chi connectivity index (χ4n) is 3.32. The van der Waals surface area contributed by atoms with Crippen LogP contribution in [-0.2, 0) is 5.54 Å². The lowest BCUT2D eigenvalue weighted by Crippen LogP contribution is -2.54. The molecule has 1 heterocycles. The molecule has 1 fully saturated rings. The molecule has 0 aromatic heterocycles. The monoisotopic (exact) mass is 285 g/mol.